The van der Waals surface area contributed by atoms with Crippen molar-refractivity contribution in [2.45, 2.75) is 18.8 Å². The van der Waals surface area contributed by atoms with Gasteiger partial charge in [-0.1, -0.05) is 30.3 Å². The van der Waals surface area contributed by atoms with Gasteiger partial charge in [0.15, 0.2) is 11.6 Å². The van der Waals surface area contributed by atoms with E-state index >= 15 is 0 Å². The Morgan fingerprint density at radius 3 is 2.00 bits per heavy atom. The number of hydrogen-bond acceptors (Lipinski definition) is 3. The molecule has 0 aromatic heterocycles. The summed E-state index contributed by atoms with van der Waals surface area (Å²) in [5.41, 5.74) is 3.80. The van der Waals surface area contributed by atoms with E-state index in [0.717, 1.165) is 22.3 Å². The van der Waals surface area contributed by atoms with Crippen molar-refractivity contribution >= 4 is 17.5 Å². The number of hydrogen-bond donors (Lipinski definition) is 1. The van der Waals surface area contributed by atoms with Crippen LogP contribution in [0.15, 0.2) is 36.4 Å². The third-order valence-electron chi connectivity index (χ3n) is 6.00. The molecule has 1 N–H and O–H groups in total. The lowest BCUT2D eigenvalue weighted by molar-refractivity contribution is 0.0590. The van der Waals surface area contributed by atoms with Gasteiger partial charge < -0.3 is 5.11 Å². The van der Waals surface area contributed by atoms with Crippen LogP contribution in [0.25, 0.3) is 0 Å². The van der Waals surface area contributed by atoms with E-state index in [1.165, 1.54) is 6.07 Å². The summed E-state index contributed by atoms with van der Waals surface area (Å²) in [5.74, 6) is -1.88. The zero-order valence-corrected chi connectivity index (χ0v) is 12.9. The van der Waals surface area contributed by atoms with Gasteiger partial charge in [0.1, 0.15) is 0 Å². The molecule has 4 nitrogen and oxygen atoms in total. The van der Waals surface area contributed by atoms with E-state index in [1.54, 1.807) is 6.07 Å². The lowest BCUT2D eigenvalue weighted by Crippen LogP contribution is -2.43. The van der Waals surface area contributed by atoms with E-state index in [9.17, 15) is 19.5 Å². The SMILES string of the molecule is Cc1cccc2c1C(=O)[C@@H]1[C@@H]2[C@@H]2C(=O)c3c(C(=O)O)cccc3[C@@H]12. The molecule has 0 radical (unpaired) electrons. The van der Waals surface area contributed by atoms with Crippen molar-refractivity contribution in [3.63, 3.8) is 0 Å². The van der Waals surface area contributed by atoms with E-state index < -0.39 is 5.97 Å². The fourth-order valence-corrected chi connectivity index (χ4v) is 5.11. The van der Waals surface area contributed by atoms with Gasteiger partial charge in [0.05, 0.1) is 5.56 Å². The number of Topliss-reactive ketones (excluding diaryl/α,β-unsaturated/α-hetero) is 2. The van der Waals surface area contributed by atoms with Crippen molar-refractivity contribution in [1.82, 2.24) is 0 Å². The van der Waals surface area contributed by atoms with Crippen molar-refractivity contribution in [2.24, 2.45) is 11.8 Å². The molecule has 0 unspecified atom stereocenters. The number of carboxylic acid groups (broad SMARTS) is 1. The van der Waals surface area contributed by atoms with Gasteiger partial charge in [-0.05, 0) is 29.7 Å². The number of fused-ring (bicyclic) bond motifs is 8. The molecule has 5 rings (SSSR count). The summed E-state index contributed by atoms with van der Waals surface area (Å²) in [6, 6.07) is 10.7. The van der Waals surface area contributed by atoms with E-state index in [-0.39, 0.29) is 40.8 Å². The average Bonchev–Trinajstić information content (AvgIpc) is 2.89. The van der Waals surface area contributed by atoms with Crippen LogP contribution in [-0.2, 0) is 0 Å². The van der Waals surface area contributed by atoms with E-state index in [0.29, 0.717) is 5.56 Å². The highest BCUT2D eigenvalue weighted by Gasteiger charge is 2.65. The lowest BCUT2D eigenvalue weighted by Gasteiger charge is -2.43. The van der Waals surface area contributed by atoms with Crippen LogP contribution in [0.4, 0.5) is 0 Å². The summed E-state index contributed by atoms with van der Waals surface area (Å²) < 4.78 is 0. The third-order valence-corrected chi connectivity index (χ3v) is 6.00. The van der Waals surface area contributed by atoms with Gasteiger partial charge in [-0.25, -0.2) is 4.79 Å². The number of carbonyl (C=O) groups is 3. The van der Waals surface area contributed by atoms with Gasteiger partial charge >= 0.3 is 5.97 Å². The van der Waals surface area contributed by atoms with Gasteiger partial charge in [-0.2, -0.15) is 0 Å². The first kappa shape index (κ1) is 13.7. The Balaban J connectivity index is 1.70. The Bertz CT molecular complexity index is 972. The zero-order chi connectivity index (χ0) is 16.7. The van der Waals surface area contributed by atoms with Crippen LogP contribution in [-0.4, -0.2) is 22.6 Å². The molecule has 1 fully saturated rings. The summed E-state index contributed by atoms with van der Waals surface area (Å²) in [6.45, 7) is 1.93. The van der Waals surface area contributed by atoms with E-state index in [1.807, 2.05) is 31.2 Å². The number of carbonyl (C=O) groups excluding carboxylic acids is 2. The third kappa shape index (κ3) is 1.34. The molecule has 3 aliphatic rings. The number of ketones is 2. The highest BCUT2D eigenvalue weighted by molar-refractivity contribution is 6.16. The predicted octanol–water partition coefficient (Wildman–Crippen LogP) is 3.20. The molecular formula is C20H14O4. The standard InChI is InChI=1S/C20H14O4/c1-8-4-2-5-9-12(8)18(21)16-14(9)17-15(16)10-6-3-7-11(20(23)24)13(10)19(17)22/h2-7,14-17H,1H3,(H,23,24)/t14-,15+,16-,17+/m1/s1. The average molecular weight is 318 g/mol. The minimum absolute atomic E-state index is 0.0573. The molecule has 0 spiro atoms. The van der Waals surface area contributed by atoms with Gasteiger partial charge in [0.2, 0.25) is 0 Å². The van der Waals surface area contributed by atoms with Gasteiger partial charge in [-0.15, -0.1) is 0 Å². The number of benzene rings is 2. The summed E-state index contributed by atoms with van der Waals surface area (Å²) >= 11 is 0. The van der Waals surface area contributed by atoms with Crippen LogP contribution in [0.2, 0.25) is 0 Å². The van der Waals surface area contributed by atoms with Crippen molar-refractivity contribution in [1.29, 1.82) is 0 Å². The summed E-state index contributed by atoms with van der Waals surface area (Å²) in [5, 5.41) is 9.39. The largest absolute Gasteiger partial charge is 0.478 e. The number of aryl methyl sites for hydroxylation is 1. The minimum Gasteiger partial charge on any atom is -0.478 e. The molecule has 118 valence electrons. The normalized spacial score (nSPS) is 28.7. The van der Waals surface area contributed by atoms with Crippen molar-refractivity contribution in [3.8, 4) is 0 Å². The summed E-state index contributed by atoms with van der Waals surface area (Å²) in [4.78, 5) is 37.4. The van der Waals surface area contributed by atoms with Crippen molar-refractivity contribution in [2.75, 3.05) is 0 Å². The minimum atomic E-state index is -1.09. The molecule has 0 bridgehead atoms. The highest BCUT2D eigenvalue weighted by atomic mass is 16.4. The van der Waals surface area contributed by atoms with E-state index in [2.05, 4.69) is 0 Å². The molecule has 0 aliphatic heterocycles. The Morgan fingerprint density at radius 2 is 1.38 bits per heavy atom. The lowest BCUT2D eigenvalue weighted by atomic mass is 9.57. The summed E-state index contributed by atoms with van der Waals surface area (Å²) in [6.07, 6.45) is 0. The predicted molar refractivity (Wildman–Crippen MR) is 85.7 cm³/mol. The van der Waals surface area contributed by atoms with Crippen molar-refractivity contribution < 1.29 is 19.5 Å². The first-order valence-electron chi connectivity index (χ1n) is 8.06. The van der Waals surface area contributed by atoms with Crippen LogP contribution >= 0.6 is 0 Å². The second-order valence-electron chi connectivity index (χ2n) is 6.95. The number of carboxylic acids is 1. The number of aromatic carboxylic acids is 1. The maximum absolute atomic E-state index is 13.0. The molecule has 0 amide bonds. The van der Waals surface area contributed by atoms with Crippen LogP contribution in [0, 0.1) is 18.8 Å². The second kappa shape index (κ2) is 4.20. The first-order valence-corrected chi connectivity index (χ1v) is 8.06. The topological polar surface area (TPSA) is 71.4 Å². The fraction of sp³-hybridized carbons (Fsp3) is 0.250. The monoisotopic (exact) mass is 318 g/mol. The van der Waals surface area contributed by atoms with Crippen LogP contribution in [0.5, 0.6) is 0 Å². The smallest absolute Gasteiger partial charge is 0.336 e. The molecule has 4 heteroatoms. The molecule has 0 heterocycles. The Hall–Kier alpha value is -2.75. The molecule has 4 atom stereocenters. The maximum atomic E-state index is 13.0. The molecule has 1 saturated carbocycles. The highest BCUT2D eigenvalue weighted by Crippen LogP contribution is 2.67. The summed E-state index contributed by atoms with van der Waals surface area (Å²) in [7, 11) is 0. The quantitative estimate of drug-likeness (QED) is 0.876. The Kier molecular flexibility index (Phi) is 2.39. The van der Waals surface area contributed by atoms with E-state index in [4.69, 9.17) is 0 Å². The Labute approximate surface area is 138 Å². The number of rotatable bonds is 1. The van der Waals surface area contributed by atoms with Crippen LogP contribution in [0.3, 0.4) is 0 Å². The van der Waals surface area contributed by atoms with Crippen LogP contribution in [0.1, 0.15) is 59.6 Å². The Morgan fingerprint density at radius 1 is 0.833 bits per heavy atom. The van der Waals surface area contributed by atoms with Gasteiger partial charge in [0.25, 0.3) is 0 Å². The first-order chi connectivity index (χ1) is 11.5. The maximum Gasteiger partial charge on any atom is 0.336 e. The molecule has 24 heavy (non-hydrogen) atoms. The van der Waals surface area contributed by atoms with Gasteiger partial charge in [-0.3, -0.25) is 9.59 Å². The van der Waals surface area contributed by atoms with Gasteiger partial charge in [0, 0.05) is 34.8 Å². The second-order valence-corrected chi connectivity index (χ2v) is 6.95. The molecule has 3 aliphatic carbocycles. The van der Waals surface area contributed by atoms with Crippen LogP contribution < -0.4 is 0 Å². The molecule has 2 aromatic carbocycles. The van der Waals surface area contributed by atoms with Crippen molar-refractivity contribution in [3.05, 3.63) is 69.8 Å². The molecule has 2 aromatic rings. The zero-order valence-electron chi connectivity index (χ0n) is 12.9. The molecular weight excluding hydrogens is 304 g/mol. The molecule has 0 saturated heterocycles. The fourth-order valence-electron chi connectivity index (χ4n) is 5.11.